The molecule has 2 bridgehead atoms. The number of likely N-dealkylation sites (tertiary alicyclic amines) is 1. The number of fused-ring (bicyclic) bond motifs is 2. The first-order valence-corrected chi connectivity index (χ1v) is 17.8. The quantitative estimate of drug-likeness (QED) is 0.254. The van der Waals surface area contributed by atoms with Crippen LogP contribution in [0.5, 0.6) is 0 Å². The van der Waals surface area contributed by atoms with Gasteiger partial charge in [0.1, 0.15) is 18.2 Å². The highest BCUT2D eigenvalue weighted by atomic mass is 32.2. The number of aliphatic hydroxyl groups excluding tert-OH is 1. The summed E-state index contributed by atoms with van der Waals surface area (Å²) in [5, 5.41) is 19.3. The van der Waals surface area contributed by atoms with Crippen molar-refractivity contribution in [2.75, 3.05) is 19.7 Å². The van der Waals surface area contributed by atoms with Crippen molar-refractivity contribution in [1.82, 2.24) is 29.7 Å². The highest BCUT2D eigenvalue weighted by Crippen LogP contribution is 2.69. The smallest absolute Gasteiger partial charge is 0.248 e. The molecule has 1 spiro atoms. The van der Waals surface area contributed by atoms with Crippen molar-refractivity contribution >= 4 is 40.5 Å². The van der Waals surface area contributed by atoms with E-state index in [1.807, 2.05) is 68.4 Å². The first-order chi connectivity index (χ1) is 23.2. The summed E-state index contributed by atoms with van der Waals surface area (Å²) >= 11 is 1.65. The second-order valence-electron chi connectivity index (χ2n) is 13.8. The van der Waals surface area contributed by atoms with Crippen molar-refractivity contribution in [3.8, 4) is 0 Å². The van der Waals surface area contributed by atoms with Crippen molar-refractivity contribution in [2.24, 2.45) is 23.7 Å². The first kappa shape index (κ1) is 33.9. The van der Waals surface area contributed by atoms with Crippen LogP contribution in [0.4, 0.5) is 0 Å². The lowest BCUT2D eigenvalue weighted by Gasteiger charge is -2.42. The molecule has 6 rings (SSSR count). The number of para-hydroxylation sites is 1. The summed E-state index contributed by atoms with van der Waals surface area (Å²) in [5.41, 5.74) is 2.51. The molecule has 11 heteroatoms. The van der Waals surface area contributed by atoms with Gasteiger partial charge in [-0.15, -0.1) is 30.0 Å². The average molecular weight is 671 g/mol. The van der Waals surface area contributed by atoms with Gasteiger partial charge in [0.05, 0.1) is 34.7 Å². The SMILES string of the molecule is C=CCN(Cn1nnc2ccccc21)C(=O)C1N([C@@H](CO)CC(C)C)C(=O)[C@@H]2[C@@H](C(=O)N(CC=C)Cc3ccccc3)[C@H]3CC(C)C12S3. The van der Waals surface area contributed by atoms with Crippen LogP contribution in [-0.2, 0) is 27.6 Å². The van der Waals surface area contributed by atoms with E-state index in [2.05, 4.69) is 30.4 Å². The molecule has 0 saturated carbocycles. The van der Waals surface area contributed by atoms with E-state index in [9.17, 15) is 14.7 Å². The number of amides is 3. The fourth-order valence-corrected chi connectivity index (χ4v) is 10.8. The molecule has 254 valence electrons. The van der Waals surface area contributed by atoms with E-state index in [4.69, 9.17) is 0 Å². The van der Waals surface area contributed by atoms with Crippen LogP contribution < -0.4 is 0 Å². The van der Waals surface area contributed by atoms with Crippen molar-refractivity contribution in [3.05, 3.63) is 85.5 Å². The van der Waals surface area contributed by atoms with E-state index in [0.717, 1.165) is 23.0 Å². The number of carbonyl (C=O) groups is 3. The number of benzene rings is 2. The lowest BCUT2D eigenvalue weighted by Crippen LogP contribution is -2.59. The van der Waals surface area contributed by atoms with Crippen LogP contribution in [0.3, 0.4) is 0 Å². The van der Waals surface area contributed by atoms with E-state index >= 15 is 4.79 Å². The Bertz CT molecular complexity index is 1680. The van der Waals surface area contributed by atoms with Gasteiger partial charge in [0.25, 0.3) is 0 Å². The summed E-state index contributed by atoms with van der Waals surface area (Å²) in [6.45, 7) is 14.9. The molecule has 7 atom stereocenters. The van der Waals surface area contributed by atoms with Gasteiger partial charge in [-0.25, -0.2) is 4.68 Å². The molecule has 3 unspecified atom stereocenters. The second-order valence-corrected chi connectivity index (χ2v) is 15.4. The summed E-state index contributed by atoms with van der Waals surface area (Å²) in [7, 11) is 0. The molecule has 10 nitrogen and oxygen atoms in total. The van der Waals surface area contributed by atoms with Crippen LogP contribution in [0.25, 0.3) is 11.0 Å². The fourth-order valence-electron chi connectivity index (χ4n) is 8.37. The predicted octanol–water partition coefficient (Wildman–Crippen LogP) is 4.36. The summed E-state index contributed by atoms with van der Waals surface area (Å²) in [4.78, 5) is 49.8. The Morgan fingerprint density at radius 2 is 1.75 bits per heavy atom. The number of aromatic nitrogens is 3. The fraction of sp³-hybridized carbons (Fsp3) is 0.486. The number of carbonyl (C=O) groups excluding carboxylic acids is 3. The summed E-state index contributed by atoms with van der Waals surface area (Å²) in [5.74, 6) is -1.65. The molecular formula is C37H46N6O4S. The third-order valence-electron chi connectivity index (χ3n) is 10.3. The molecule has 3 saturated heterocycles. The van der Waals surface area contributed by atoms with Crippen molar-refractivity contribution in [3.63, 3.8) is 0 Å². The molecule has 2 aromatic carbocycles. The molecule has 0 radical (unpaired) electrons. The highest BCUT2D eigenvalue weighted by molar-refractivity contribution is 8.02. The Labute approximate surface area is 286 Å². The molecule has 0 aliphatic carbocycles. The van der Waals surface area contributed by atoms with Crippen LogP contribution in [0.15, 0.2) is 79.9 Å². The van der Waals surface area contributed by atoms with Gasteiger partial charge in [0.2, 0.25) is 17.7 Å². The maximum absolute atomic E-state index is 15.1. The van der Waals surface area contributed by atoms with Crippen LogP contribution >= 0.6 is 11.8 Å². The number of thioether (sulfide) groups is 1. The van der Waals surface area contributed by atoms with E-state index in [0.29, 0.717) is 19.5 Å². The lowest BCUT2D eigenvalue weighted by atomic mass is 9.65. The number of hydrogen-bond donors (Lipinski definition) is 1. The van der Waals surface area contributed by atoms with Gasteiger partial charge in [-0.2, -0.15) is 0 Å². The van der Waals surface area contributed by atoms with Crippen LogP contribution in [0.1, 0.15) is 39.2 Å². The van der Waals surface area contributed by atoms with Gasteiger partial charge >= 0.3 is 0 Å². The van der Waals surface area contributed by atoms with Gasteiger partial charge in [-0.3, -0.25) is 14.4 Å². The number of aliphatic hydroxyl groups is 1. The molecule has 3 aliphatic rings. The average Bonchev–Trinajstić information content (AvgIpc) is 3.80. The molecule has 1 N–H and O–H groups in total. The maximum Gasteiger partial charge on any atom is 0.248 e. The molecule has 3 aromatic rings. The summed E-state index contributed by atoms with van der Waals surface area (Å²) in [6, 6.07) is 16.0. The zero-order valence-electron chi connectivity index (χ0n) is 28.0. The van der Waals surface area contributed by atoms with Crippen molar-refractivity contribution in [1.29, 1.82) is 0 Å². The van der Waals surface area contributed by atoms with E-state index in [1.54, 1.807) is 43.3 Å². The van der Waals surface area contributed by atoms with E-state index in [-0.39, 0.29) is 54.6 Å². The lowest BCUT2D eigenvalue weighted by molar-refractivity contribution is -0.148. The maximum atomic E-state index is 15.1. The first-order valence-electron chi connectivity index (χ1n) is 16.9. The number of rotatable bonds is 14. The van der Waals surface area contributed by atoms with E-state index < -0.39 is 28.7 Å². The molecule has 3 fully saturated rings. The van der Waals surface area contributed by atoms with Crippen molar-refractivity contribution < 1.29 is 19.5 Å². The van der Waals surface area contributed by atoms with Gasteiger partial charge in [-0.1, -0.05) is 80.6 Å². The minimum absolute atomic E-state index is 0.0115. The summed E-state index contributed by atoms with van der Waals surface area (Å²) in [6.07, 6.45) is 4.65. The number of nitrogens with zero attached hydrogens (tertiary/aromatic N) is 6. The summed E-state index contributed by atoms with van der Waals surface area (Å²) < 4.78 is 0.858. The number of hydrogen-bond acceptors (Lipinski definition) is 7. The molecule has 4 heterocycles. The minimum atomic E-state index is -0.870. The third kappa shape index (κ3) is 5.74. The molecule has 1 aromatic heterocycles. The zero-order valence-corrected chi connectivity index (χ0v) is 28.8. The molecule has 48 heavy (non-hydrogen) atoms. The Hall–Kier alpha value is -3.96. The van der Waals surface area contributed by atoms with E-state index in [1.165, 1.54) is 0 Å². The Morgan fingerprint density at radius 3 is 2.44 bits per heavy atom. The predicted molar refractivity (Wildman–Crippen MR) is 187 cm³/mol. The molecular weight excluding hydrogens is 625 g/mol. The van der Waals surface area contributed by atoms with Crippen molar-refractivity contribution in [2.45, 2.75) is 68.9 Å². The Morgan fingerprint density at radius 1 is 1.06 bits per heavy atom. The minimum Gasteiger partial charge on any atom is -0.394 e. The van der Waals surface area contributed by atoms with Gasteiger partial charge in [0, 0.05) is 24.9 Å². The standard InChI is InChI=1S/C37H46N6O4S/c1-6-17-40(21-26-13-9-8-10-14-26)34(45)31-30-20-25(5)37(48-30)32(31)35(46)43(27(22-44)19-24(3)4)33(37)36(47)41(18-7-2)23-42-29-16-12-11-15-28(29)38-39-42/h6-16,24-25,27,30-33,44H,1-2,17-23H2,3-5H3/t25?,27-,30-,31+,32+,33?,37?/m1/s1. The highest BCUT2D eigenvalue weighted by Gasteiger charge is 2.77. The topological polar surface area (TPSA) is 112 Å². The third-order valence-corrected chi connectivity index (χ3v) is 12.4. The normalized spacial score (nSPS) is 26.6. The van der Waals surface area contributed by atoms with Gasteiger partial charge < -0.3 is 19.8 Å². The van der Waals surface area contributed by atoms with Gasteiger partial charge in [0.15, 0.2) is 0 Å². The van der Waals surface area contributed by atoms with Crippen LogP contribution in [0, 0.1) is 23.7 Å². The zero-order chi connectivity index (χ0) is 34.2. The molecule has 3 aliphatic heterocycles. The van der Waals surface area contributed by atoms with Crippen LogP contribution in [-0.4, -0.2) is 94.3 Å². The second kappa shape index (κ2) is 13.9. The Kier molecular flexibility index (Phi) is 9.81. The largest absolute Gasteiger partial charge is 0.394 e. The van der Waals surface area contributed by atoms with Gasteiger partial charge in [-0.05, 0) is 42.4 Å². The molecule has 3 amide bonds. The monoisotopic (exact) mass is 670 g/mol. The van der Waals surface area contributed by atoms with Crippen LogP contribution in [0.2, 0.25) is 0 Å². The Balaban J connectivity index is 1.41.